The number of sulfone groups is 1. The molecule has 0 aliphatic heterocycles. The fraction of sp³-hybridized carbons (Fsp3) is 0.222. The summed E-state index contributed by atoms with van der Waals surface area (Å²) in [5.74, 6) is -1.02. The molecule has 0 atom stereocenters. The van der Waals surface area contributed by atoms with Crippen LogP contribution in [0.4, 0.5) is 10.1 Å². The van der Waals surface area contributed by atoms with Gasteiger partial charge in [0.2, 0.25) is 0 Å². The van der Waals surface area contributed by atoms with Crippen LogP contribution < -0.4 is 10.6 Å². The molecule has 2 aromatic carbocycles. The Morgan fingerprint density at radius 2 is 1.96 bits per heavy atom. The summed E-state index contributed by atoms with van der Waals surface area (Å²) in [5.41, 5.74) is 1.18. The van der Waals surface area contributed by atoms with E-state index in [1.807, 2.05) is 0 Å². The van der Waals surface area contributed by atoms with Gasteiger partial charge >= 0.3 is 0 Å². The lowest BCUT2D eigenvalue weighted by molar-refractivity contribution is 0.0954. The van der Waals surface area contributed by atoms with Crippen molar-refractivity contribution in [1.82, 2.24) is 5.32 Å². The lowest BCUT2D eigenvalue weighted by Gasteiger charge is -2.11. The average molecular weight is 375 g/mol. The van der Waals surface area contributed by atoms with Gasteiger partial charge in [-0.3, -0.25) is 4.79 Å². The van der Waals surface area contributed by atoms with Crippen molar-refractivity contribution in [2.75, 3.05) is 24.7 Å². The first-order chi connectivity index (χ1) is 12.2. The molecule has 0 aromatic heterocycles. The van der Waals surface area contributed by atoms with E-state index >= 15 is 0 Å². The van der Waals surface area contributed by atoms with Crippen LogP contribution in [0.1, 0.15) is 21.5 Å². The lowest BCUT2D eigenvalue weighted by atomic mass is 10.1. The molecule has 0 bridgehead atoms. The molecule has 0 radical (unpaired) electrons. The number of amides is 1. The van der Waals surface area contributed by atoms with Gasteiger partial charge in [0.15, 0.2) is 9.84 Å². The van der Waals surface area contributed by atoms with Crippen LogP contribution in [-0.4, -0.2) is 33.7 Å². The standard InChI is InChI=1S/C18H18FN3O3S/c1-12-6-7-13(26(2,24)25)10-14(12)18(23)22-9-8-21-17-5-3-4-16(19)15(17)11-20/h3-7,10,21H,8-9H2,1-2H3,(H,22,23). The number of anilines is 1. The van der Waals surface area contributed by atoms with Crippen molar-refractivity contribution < 1.29 is 17.6 Å². The van der Waals surface area contributed by atoms with Crippen LogP contribution in [0.15, 0.2) is 41.3 Å². The summed E-state index contributed by atoms with van der Waals surface area (Å²) in [6, 6.07) is 10.4. The van der Waals surface area contributed by atoms with Crippen LogP contribution in [0.25, 0.3) is 0 Å². The molecule has 6 nitrogen and oxygen atoms in total. The zero-order chi connectivity index (χ0) is 19.3. The summed E-state index contributed by atoms with van der Waals surface area (Å²) >= 11 is 0. The number of halogens is 1. The Hall–Kier alpha value is -2.92. The van der Waals surface area contributed by atoms with E-state index in [-0.39, 0.29) is 29.1 Å². The van der Waals surface area contributed by atoms with Crippen molar-refractivity contribution in [3.05, 3.63) is 58.9 Å². The van der Waals surface area contributed by atoms with Gasteiger partial charge in [-0.2, -0.15) is 5.26 Å². The highest BCUT2D eigenvalue weighted by Crippen LogP contribution is 2.17. The Morgan fingerprint density at radius 1 is 1.23 bits per heavy atom. The quantitative estimate of drug-likeness (QED) is 0.755. The molecule has 2 N–H and O–H groups in total. The number of nitrogens with zero attached hydrogens (tertiary/aromatic N) is 1. The normalized spacial score (nSPS) is 10.8. The maximum Gasteiger partial charge on any atom is 0.251 e. The highest BCUT2D eigenvalue weighted by atomic mass is 32.2. The zero-order valence-electron chi connectivity index (χ0n) is 14.3. The number of hydrogen-bond acceptors (Lipinski definition) is 5. The SMILES string of the molecule is Cc1ccc(S(C)(=O)=O)cc1C(=O)NCCNc1cccc(F)c1C#N. The van der Waals surface area contributed by atoms with E-state index in [1.165, 1.54) is 24.3 Å². The van der Waals surface area contributed by atoms with Crippen LogP contribution >= 0.6 is 0 Å². The summed E-state index contributed by atoms with van der Waals surface area (Å²) in [6.45, 7) is 2.20. The summed E-state index contributed by atoms with van der Waals surface area (Å²) in [6.07, 6.45) is 1.08. The molecule has 136 valence electrons. The van der Waals surface area contributed by atoms with Crippen LogP contribution in [-0.2, 0) is 9.84 Å². The molecule has 0 saturated heterocycles. The van der Waals surface area contributed by atoms with E-state index in [2.05, 4.69) is 10.6 Å². The van der Waals surface area contributed by atoms with Gasteiger partial charge in [-0.1, -0.05) is 12.1 Å². The number of rotatable bonds is 6. The largest absolute Gasteiger partial charge is 0.382 e. The highest BCUT2D eigenvalue weighted by Gasteiger charge is 2.14. The van der Waals surface area contributed by atoms with Crippen molar-refractivity contribution >= 4 is 21.4 Å². The molecule has 0 saturated carbocycles. The van der Waals surface area contributed by atoms with E-state index in [9.17, 15) is 17.6 Å². The Labute approximate surface area is 151 Å². The van der Waals surface area contributed by atoms with Crippen molar-refractivity contribution in [2.45, 2.75) is 11.8 Å². The number of benzene rings is 2. The van der Waals surface area contributed by atoms with Gasteiger partial charge < -0.3 is 10.6 Å². The van der Waals surface area contributed by atoms with E-state index in [0.29, 0.717) is 11.3 Å². The molecule has 0 heterocycles. The number of nitriles is 1. The van der Waals surface area contributed by atoms with Gasteiger partial charge in [0.25, 0.3) is 5.91 Å². The van der Waals surface area contributed by atoms with Crippen molar-refractivity contribution in [3.8, 4) is 6.07 Å². The van der Waals surface area contributed by atoms with Gasteiger partial charge in [0.1, 0.15) is 17.4 Å². The smallest absolute Gasteiger partial charge is 0.251 e. The molecule has 0 aliphatic carbocycles. The second-order valence-electron chi connectivity index (χ2n) is 5.71. The molecule has 0 unspecified atom stereocenters. The van der Waals surface area contributed by atoms with Crippen LogP contribution in [0.5, 0.6) is 0 Å². The number of carbonyl (C=O) groups is 1. The minimum Gasteiger partial charge on any atom is -0.382 e. The monoisotopic (exact) mass is 375 g/mol. The van der Waals surface area contributed by atoms with E-state index < -0.39 is 21.6 Å². The summed E-state index contributed by atoms with van der Waals surface area (Å²) in [4.78, 5) is 12.4. The third-order valence-electron chi connectivity index (χ3n) is 3.73. The first-order valence-corrected chi connectivity index (χ1v) is 9.64. The van der Waals surface area contributed by atoms with Crippen molar-refractivity contribution in [2.24, 2.45) is 0 Å². The minimum atomic E-state index is -3.41. The maximum absolute atomic E-state index is 13.5. The first kappa shape index (κ1) is 19.4. The number of aryl methyl sites for hydroxylation is 1. The Kier molecular flexibility index (Phi) is 5.95. The number of nitrogens with one attached hydrogen (secondary N) is 2. The van der Waals surface area contributed by atoms with Gasteiger partial charge in [0.05, 0.1) is 10.6 Å². The molecule has 1 amide bonds. The molecule has 8 heteroatoms. The predicted molar refractivity (Wildman–Crippen MR) is 96.2 cm³/mol. The lowest BCUT2D eigenvalue weighted by Crippen LogP contribution is -2.29. The Bertz CT molecular complexity index is 982. The third kappa shape index (κ3) is 4.58. The maximum atomic E-state index is 13.5. The fourth-order valence-corrected chi connectivity index (χ4v) is 2.98. The van der Waals surface area contributed by atoms with Gasteiger partial charge in [-0.25, -0.2) is 12.8 Å². The predicted octanol–water partition coefficient (Wildman–Crippen LogP) is 2.25. The first-order valence-electron chi connectivity index (χ1n) is 7.75. The van der Waals surface area contributed by atoms with Crippen LogP contribution in [0, 0.1) is 24.1 Å². The summed E-state index contributed by atoms with van der Waals surface area (Å²) in [7, 11) is -3.41. The molecular formula is C18H18FN3O3S. The van der Waals surface area contributed by atoms with Crippen LogP contribution in [0.2, 0.25) is 0 Å². The zero-order valence-corrected chi connectivity index (χ0v) is 15.2. The number of carbonyl (C=O) groups excluding carboxylic acids is 1. The molecule has 26 heavy (non-hydrogen) atoms. The molecule has 2 aromatic rings. The Balaban J connectivity index is 2.00. The topological polar surface area (TPSA) is 99.1 Å². The fourth-order valence-electron chi connectivity index (χ4n) is 2.33. The molecule has 0 spiro atoms. The molecular weight excluding hydrogens is 357 g/mol. The van der Waals surface area contributed by atoms with Gasteiger partial charge in [-0.15, -0.1) is 0 Å². The highest BCUT2D eigenvalue weighted by molar-refractivity contribution is 7.90. The molecule has 0 aliphatic rings. The number of hydrogen-bond donors (Lipinski definition) is 2. The van der Waals surface area contributed by atoms with Crippen molar-refractivity contribution in [3.63, 3.8) is 0 Å². The van der Waals surface area contributed by atoms with Gasteiger partial charge in [0, 0.05) is 24.9 Å². The van der Waals surface area contributed by atoms with E-state index in [1.54, 1.807) is 25.1 Å². The summed E-state index contributed by atoms with van der Waals surface area (Å²) < 4.78 is 36.8. The van der Waals surface area contributed by atoms with Gasteiger partial charge in [-0.05, 0) is 36.8 Å². The molecule has 0 fully saturated rings. The second kappa shape index (κ2) is 7.97. The minimum absolute atomic E-state index is 0.0739. The van der Waals surface area contributed by atoms with E-state index in [0.717, 1.165) is 6.26 Å². The average Bonchev–Trinajstić information content (AvgIpc) is 2.58. The van der Waals surface area contributed by atoms with Crippen molar-refractivity contribution in [1.29, 1.82) is 5.26 Å². The third-order valence-corrected chi connectivity index (χ3v) is 4.84. The van der Waals surface area contributed by atoms with Crippen LogP contribution in [0.3, 0.4) is 0 Å². The second-order valence-corrected chi connectivity index (χ2v) is 7.72. The summed E-state index contributed by atoms with van der Waals surface area (Å²) in [5, 5.41) is 14.5. The Morgan fingerprint density at radius 3 is 2.62 bits per heavy atom. The molecule has 2 rings (SSSR count). The van der Waals surface area contributed by atoms with E-state index in [4.69, 9.17) is 5.26 Å².